The fourth-order valence-corrected chi connectivity index (χ4v) is 6.31. The van der Waals surface area contributed by atoms with E-state index in [1.165, 1.54) is 0 Å². The number of sulfonamides is 1. The molecule has 0 spiro atoms. The Kier molecular flexibility index (Phi) is 7.63. The van der Waals surface area contributed by atoms with Crippen LogP contribution in [-0.2, 0) is 40.9 Å². The Balaban J connectivity index is 1.35. The maximum Gasteiger partial charge on any atom is 0.240 e. The van der Waals surface area contributed by atoms with E-state index in [1.54, 1.807) is 23.1 Å². The number of hydrogen-bond donors (Lipinski definition) is 3. The minimum Gasteiger partial charge on any atom is -0.333 e. The van der Waals surface area contributed by atoms with Crippen molar-refractivity contribution in [1.82, 2.24) is 14.9 Å². The highest BCUT2D eigenvalue weighted by atomic mass is 35.5. The summed E-state index contributed by atoms with van der Waals surface area (Å²) in [5.41, 5.74) is 9.91. The number of piperidine rings is 1. The van der Waals surface area contributed by atoms with E-state index >= 15 is 0 Å². The molecule has 0 unspecified atom stereocenters. The number of halogens is 2. The first-order chi connectivity index (χ1) is 15.7. The number of benzene rings is 2. The molecule has 2 heterocycles. The number of carbonyl (C=O) groups is 1. The fourth-order valence-electron chi connectivity index (χ4n) is 4.37. The summed E-state index contributed by atoms with van der Waals surface area (Å²) < 4.78 is 27.9. The van der Waals surface area contributed by atoms with Crippen molar-refractivity contribution in [3.8, 4) is 0 Å². The average Bonchev–Trinajstić information content (AvgIpc) is 3.23. The topological polar surface area (TPSA) is 105 Å². The summed E-state index contributed by atoms with van der Waals surface area (Å²) >= 11 is 12.2. The van der Waals surface area contributed by atoms with Gasteiger partial charge in [-0.2, -0.15) is 0 Å². The number of carbonyl (C=O) groups excluding carboxylic acids is 1. The Morgan fingerprint density at radius 3 is 2.58 bits per heavy atom. The van der Waals surface area contributed by atoms with E-state index in [1.807, 2.05) is 18.2 Å². The smallest absolute Gasteiger partial charge is 0.240 e. The van der Waals surface area contributed by atoms with Crippen molar-refractivity contribution in [2.45, 2.75) is 50.2 Å². The van der Waals surface area contributed by atoms with Crippen molar-refractivity contribution in [2.24, 2.45) is 5.73 Å². The summed E-state index contributed by atoms with van der Waals surface area (Å²) in [5, 5.41) is 3.86. The molecule has 2 aromatic rings. The lowest BCUT2D eigenvalue weighted by atomic mass is 10.1. The molecule has 1 saturated heterocycles. The van der Waals surface area contributed by atoms with Gasteiger partial charge in [0, 0.05) is 29.7 Å². The maximum atomic E-state index is 12.9. The van der Waals surface area contributed by atoms with Gasteiger partial charge in [-0.15, -0.1) is 0 Å². The molecule has 4 rings (SSSR count). The zero-order valence-corrected chi connectivity index (χ0v) is 20.5. The Bertz CT molecular complexity index is 1140. The number of nitrogens with zero attached hydrogens (tertiary/aromatic N) is 1. The molecule has 0 aliphatic carbocycles. The molecule has 1 atom stereocenters. The summed E-state index contributed by atoms with van der Waals surface area (Å²) in [6.07, 6.45) is 1.57. The molecular formula is C23H28Cl2N4O3S. The molecule has 2 aromatic carbocycles. The first kappa shape index (κ1) is 24.4. The highest BCUT2D eigenvalue weighted by molar-refractivity contribution is 7.90. The number of amides is 1. The van der Waals surface area contributed by atoms with Crippen LogP contribution in [0.4, 0.5) is 0 Å². The SMILES string of the molecule is N[C@H](Cc1ccc(Cl)cc1Cl)C(=O)N1Cc2ccc(CNS(=O)(=O)C3CCNCC3)cc2C1. The van der Waals surface area contributed by atoms with Crippen molar-refractivity contribution in [3.63, 3.8) is 0 Å². The molecule has 7 nitrogen and oxygen atoms in total. The highest BCUT2D eigenvalue weighted by Crippen LogP contribution is 2.26. The van der Waals surface area contributed by atoms with Gasteiger partial charge in [-0.1, -0.05) is 47.5 Å². The number of rotatable bonds is 7. The second-order valence-electron chi connectivity index (χ2n) is 8.66. The van der Waals surface area contributed by atoms with Gasteiger partial charge >= 0.3 is 0 Å². The van der Waals surface area contributed by atoms with Crippen LogP contribution < -0.4 is 15.8 Å². The predicted molar refractivity (Wildman–Crippen MR) is 130 cm³/mol. The van der Waals surface area contributed by atoms with Crippen LogP contribution in [0, 0.1) is 0 Å². The summed E-state index contributed by atoms with van der Waals surface area (Å²) in [4.78, 5) is 14.7. The summed E-state index contributed by atoms with van der Waals surface area (Å²) in [5.74, 6) is -0.148. The van der Waals surface area contributed by atoms with E-state index in [0.29, 0.717) is 42.4 Å². The fraction of sp³-hybridized carbons (Fsp3) is 0.435. The Labute approximate surface area is 204 Å². The molecule has 1 amide bonds. The largest absolute Gasteiger partial charge is 0.333 e. The van der Waals surface area contributed by atoms with Gasteiger partial charge < -0.3 is 16.0 Å². The number of hydrogen-bond acceptors (Lipinski definition) is 5. The van der Waals surface area contributed by atoms with Gasteiger partial charge in [0.05, 0.1) is 11.3 Å². The van der Waals surface area contributed by atoms with Gasteiger partial charge in [0.1, 0.15) is 0 Å². The minimum absolute atomic E-state index is 0.148. The first-order valence-electron chi connectivity index (χ1n) is 11.0. The summed E-state index contributed by atoms with van der Waals surface area (Å²) in [6, 6.07) is 10.3. The number of nitrogens with one attached hydrogen (secondary N) is 2. The maximum absolute atomic E-state index is 12.9. The van der Waals surface area contributed by atoms with Crippen LogP contribution >= 0.6 is 23.2 Å². The third-order valence-corrected chi connectivity index (χ3v) is 8.76. The molecule has 1 fully saturated rings. The first-order valence-corrected chi connectivity index (χ1v) is 13.3. The average molecular weight is 511 g/mol. The highest BCUT2D eigenvalue weighted by Gasteiger charge is 2.29. The van der Waals surface area contributed by atoms with E-state index < -0.39 is 16.1 Å². The van der Waals surface area contributed by atoms with Gasteiger partial charge in [-0.25, -0.2) is 13.1 Å². The molecule has 2 aliphatic heterocycles. The van der Waals surface area contributed by atoms with Crippen molar-refractivity contribution >= 4 is 39.1 Å². The third kappa shape index (κ3) is 5.88. The molecule has 4 N–H and O–H groups in total. The number of fused-ring (bicyclic) bond motifs is 1. The van der Waals surface area contributed by atoms with E-state index in [2.05, 4.69) is 10.0 Å². The van der Waals surface area contributed by atoms with Crippen LogP contribution in [0.15, 0.2) is 36.4 Å². The van der Waals surface area contributed by atoms with E-state index in [-0.39, 0.29) is 17.7 Å². The van der Waals surface area contributed by atoms with E-state index in [4.69, 9.17) is 28.9 Å². The molecule has 10 heteroatoms. The second-order valence-corrected chi connectivity index (χ2v) is 11.5. The van der Waals surface area contributed by atoms with Gasteiger partial charge in [0.25, 0.3) is 0 Å². The second kappa shape index (κ2) is 10.3. The zero-order valence-electron chi connectivity index (χ0n) is 18.2. The lowest BCUT2D eigenvalue weighted by Gasteiger charge is -2.23. The molecule has 0 saturated carbocycles. The molecule has 33 heavy (non-hydrogen) atoms. The van der Waals surface area contributed by atoms with Gasteiger partial charge in [-0.3, -0.25) is 4.79 Å². The monoisotopic (exact) mass is 510 g/mol. The standard InChI is InChI=1S/C23H28Cl2N4O3S/c24-19-4-3-16(21(25)11-19)10-22(26)23(30)29-13-17-2-1-15(9-18(17)14-29)12-28-33(31,32)20-5-7-27-8-6-20/h1-4,9,11,20,22,27-28H,5-8,10,12-14,26H2/t22-/m1/s1. The van der Waals surface area contributed by atoms with Crippen LogP contribution in [0.5, 0.6) is 0 Å². The van der Waals surface area contributed by atoms with Crippen molar-refractivity contribution in [1.29, 1.82) is 0 Å². The normalized spacial score (nSPS) is 17.7. The molecule has 2 aliphatic rings. The molecule has 0 aromatic heterocycles. The van der Waals surface area contributed by atoms with Crippen LogP contribution in [0.2, 0.25) is 10.0 Å². The number of nitrogens with two attached hydrogens (primary N) is 1. The molecule has 178 valence electrons. The lowest BCUT2D eigenvalue weighted by Crippen LogP contribution is -2.42. The van der Waals surface area contributed by atoms with Gasteiger partial charge in [0.2, 0.25) is 15.9 Å². The van der Waals surface area contributed by atoms with E-state index in [9.17, 15) is 13.2 Å². The molecule has 0 bridgehead atoms. The van der Waals surface area contributed by atoms with Crippen LogP contribution in [0.1, 0.15) is 35.1 Å². The molecule has 0 radical (unpaired) electrons. The van der Waals surface area contributed by atoms with E-state index in [0.717, 1.165) is 35.3 Å². The van der Waals surface area contributed by atoms with Crippen molar-refractivity contribution in [3.05, 3.63) is 68.7 Å². The third-order valence-electron chi connectivity index (χ3n) is 6.28. The van der Waals surface area contributed by atoms with Crippen molar-refractivity contribution in [2.75, 3.05) is 13.1 Å². The Hall–Kier alpha value is -1.68. The Morgan fingerprint density at radius 2 is 1.85 bits per heavy atom. The minimum atomic E-state index is -3.36. The van der Waals surface area contributed by atoms with Gasteiger partial charge in [0.15, 0.2) is 0 Å². The lowest BCUT2D eigenvalue weighted by molar-refractivity contribution is -0.133. The summed E-state index contributed by atoms with van der Waals surface area (Å²) in [7, 11) is -3.36. The van der Waals surface area contributed by atoms with Crippen LogP contribution in [-0.4, -0.2) is 43.6 Å². The van der Waals surface area contributed by atoms with Crippen LogP contribution in [0.3, 0.4) is 0 Å². The van der Waals surface area contributed by atoms with Crippen molar-refractivity contribution < 1.29 is 13.2 Å². The van der Waals surface area contributed by atoms with Gasteiger partial charge in [-0.05, 0) is 66.7 Å². The summed E-state index contributed by atoms with van der Waals surface area (Å²) in [6.45, 7) is 2.62. The van der Waals surface area contributed by atoms with Crippen LogP contribution in [0.25, 0.3) is 0 Å². The predicted octanol–water partition coefficient (Wildman–Crippen LogP) is 2.58. The quantitative estimate of drug-likeness (QED) is 0.530. The zero-order chi connectivity index (χ0) is 23.6. The molecular weight excluding hydrogens is 483 g/mol. The Morgan fingerprint density at radius 1 is 1.12 bits per heavy atom.